The van der Waals surface area contributed by atoms with E-state index in [1.54, 1.807) is 25.6 Å². The third-order valence-corrected chi connectivity index (χ3v) is 11.6. The summed E-state index contributed by atoms with van der Waals surface area (Å²) >= 11 is 6.91. The van der Waals surface area contributed by atoms with Crippen molar-refractivity contribution in [1.29, 1.82) is 5.26 Å². The van der Waals surface area contributed by atoms with E-state index in [4.69, 9.17) is 30.5 Å². The van der Waals surface area contributed by atoms with Gasteiger partial charge in [0.2, 0.25) is 0 Å². The van der Waals surface area contributed by atoms with Gasteiger partial charge in [0.15, 0.2) is 0 Å². The number of piperazine rings is 1. The van der Waals surface area contributed by atoms with Crippen LogP contribution in [-0.4, -0.2) is 74.3 Å². The van der Waals surface area contributed by atoms with E-state index in [-0.39, 0.29) is 6.61 Å². The molecule has 2 aliphatic rings. The lowest BCUT2D eigenvalue weighted by Crippen LogP contribution is -2.46. The van der Waals surface area contributed by atoms with Crippen LogP contribution in [0.3, 0.4) is 0 Å². The molecule has 0 unspecified atom stereocenters. The van der Waals surface area contributed by atoms with E-state index in [0.717, 1.165) is 115 Å². The highest BCUT2D eigenvalue weighted by atomic mass is 35.5. The Morgan fingerprint density at radius 1 is 0.690 bits per heavy atom. The Morgan fingerprint density at radius 2 is 1.43 bits per heavy atom. The number of piperidine rings is 1. The first-order valence-corrected chi connectivity index (χ1v) is 20.8. The number of hydrogen-bond donors (Lipinski definition) is 0. The van der Waals surface area contributed by atoms with Crippen molar-refractivity contribution in [3.05, 3.63) is 130 Å². The first-order chi connectivity index (χ1) is 28.4. The molecule has 1 aromatic heterocycles. The molecule has 302 valence electrons. The number of hydrogen-bond acceptors (Lipinski definition) is 9. The summed E-state index contributed by atoms with van der Waals surface area (Å²) in [6.07, 6.45) is 7.90. The van der Waals surface area contributed by atoms with Gasteiger partial charge in [-0.25, -0.2) is 0 Å². The lowest BCUT2D eigenvalue weighted by atomic mass is 9.93. The Kier molecular flexibility index (Phi) is 14.1. The van der Waals surface area contributed by atoms with Crippen LogP contribution in [0.25, 0.3) is 11.1 Å². The quantitative estimate of drug-likeness (QED) is 0.0907. The van der Waals surface area contributed by atoms with Gasteiger partial charge in [0.05, 0.1) is 30.0 Å². The van der Waals surface area contributed by atoms with Crippen LogP contribution < -0.4 is 23.8 Å². The van der Waals surface area contributed by atoms with Gasteiger partial charge in [0.1, 0.15) is 42.3 Å². The molecule has 0 aliphatic carbocycles. The highest BCUT2D eigenvalue weighted by Crippen LogP contribution is 2.37. The van der Waals surface area contributed by atoms with Gasteiger partial charge < -0.3 is 23.8 Å². The lowest BCUT2D eigenvalue weighted by molar-refractivity contribution is 0.214. The van der Waals surface area contributed by atoms with E-state index < -0.39 is 0 Å². The number of anilines is 1. The summed E-state index contributed by atoms with van der Waals surface area (Å²) in [5.41, 5.74) is 9.16. The Labute approximate surface area is 348 Å². The van der Waals surface area contributed by atoms with Crippen LogP contribution in [0.5, 0.6) is 23.0 Å². The van der Waals surface area contributed by atoms with Gasteiger partial charge in [0.25, 0.3) is 0 Å². The second kappa shape index (κ2) is 19.9. The van der Waals surface area contributed by atoms with E-state index in [0.29, 0.717) is 29.5 Å². The smallest absolute Gasteiger partial charge is 0.142 e. The van der Waals surface area contributed by atoms with Crippen molar-refractivity contribution in [3.63, 3.8) is 0 Å². The molecule has 0 spiro atoms. The predicted octanol–water partition coefficient (Wildman–Crippen LogP) is 9.63. The van der Waals surface area contributed by atoms with Gasteiger partial charge in [-0.1, -0.05) is 60.5 Å². The Bertz CT molecular complexity index is 2190. The van der Waals surface area contributed by atoms with Crippen LogP contribution in [0.15, 0.2) is 91.3 Å². The number of ether oxygens (including phenoxy) is 4. The standard InChI is InChI=1S/C48H54ClN5O4/c1-35-39(34-58-48-28-47(57-33-38-26-37(29-50)30-51-31-38)40(27-43(48)49)32-53-18-7-4-8-19-53)12-9-13-41(35)42-14-10-17-45(36(42)2)56-25-11-20-52-21-23-54(24-22-52)44-15-5-6-16-46(44)55-3/h5-6,9-10,12-17,26-28,30-31H,4,7-8,11,18-25,32-34H2,1-3H3. The van der Waals surface area contributed by atoms with Crippen LogP contribution in [0.1, 0.15) is 59.1 Å². The number of aromatic nitrogens is 1. The largest absolute Gasteiger partial charge is 0.495 e. The fourth-order valence-electron chi connectivity index (χ4n) is 8.02. The zero-order valence-corrected chi connectivity index (χ0v) is 34.8. The zero-order chi connectivity index (χ0) is 40.3. The molecule has 5 aromatic rings. The fraction of sp³-hybridized carbons (Fsp3) is 0.375. The molecule has 0 saturated carbocycles. The molecule has 58 heavy (non-hydrogen) atoms. The molecular formula is C48H54ClN5O4. The molecule has 0 amide bonds. The van der Waals surface area contributed by atoms with Crippen LogP contribution in [-0.2, 0) is 19.8 Å². The highest BCUT2D eigenvalue weighted by molar-refractivity contribution is 6.32. The number of nitrogens with zero attached hydrogens (tertiary/aromatic N) is 5. The van der Waals surface area contributed by atoms with E-state index in [9.17, 15) is 5.26 Å². The van der Waals surface area contributed by atoms with Crippen molar-refractivity contribution in [3.8, 4) is 40.2 Å². The zero-order valence-electron chi connectivity index (χ0n) is 34.0. The summed E-state index contributed by atoms with van der Waals surface area (Å²) in [5, 5.41) is 9.91. The summed E-state index contributed by atoms with van der Waals surface area (Å²) in [7, 11) is 1.74. The summed E-state index contributed by atoms with van der Waals surface area (Å²) in [5.74, 6) is 3.13. The number of benzene rings is 4. The Hall–Kier alpha value is -5.27. The second-order valence-corrected chi connectivity index (χ2v) is 15.6. The Balaban J connectivity index is 0.977. The van der Waals surface area contributed by atoms with Crippen LogP contribution in [0.2, 0.25) is 5.02 Å². The minimum Gasteiger partial charge on any atom is -0.495 e. The molecule has 2 saturated heterocycles. The number of pyridine rings is 1. The summed E-state index contributed by atoms with van der Waals surface area (Å²) in [4.78, 5) is 11.6. The van der Waals surface area contributed by atoms with Crippen molar-refractivity contribution >= 4 is 17.3 Å². The minimum atomic E-state index is 0.280. The van der Waals surface area contributed by atoms with Gasteiger partial charge in [-0.05, 0) is 104 Å². The lowest BCUT2D eigenvalue weighted by Gasteiger charge is -2.36. The van der Waals surface area contributed by atoms with Crippen LogP contribution >= 0.6 is 11.6 Å². The number of halogens is 1. The van der Waals surface area contributed by atoms with Crippen LogP contribution in [0.4, 0.5) is 5.69 Å². The second-order valence-electron chi connectivity index (χ2n) is 15.2. The van der Waals surface area contributed by atoms with E-state index >= 15 is 0 Å². The maximum Gasteiger partial charge on any atom is 0.142 e. The predicted molar refractivity (Wildman–Crippen MR) is 231 cm³/mol. The molecule has 0 N–H and O–H groups in total. The molecule has 0 radical (unpaired) electrons. The van der Waals surface area contributed by atoms with E-state index in [1.807, 2.05) is 24.3 Å². The number of nitriles is 1. The Morgan fingerprint density at radius 3 is 2.22 bits per heavy atom. The average molecular weight is 800 g/mol. The van der Waals surface area contributed by atoms with Crippen molar-refractivity contribution in [2.75, 3.05) is 64.4 Å². The van der Waals surface area contributed by atoms with E-state index in [2.05, 4.69) is 88.1 Å². The summed E-state index contributed by atoms with van der Waals surface area (Å²) in [6.45, 7) is 13.5. The molecule has 0 atom stereocenters. The number of rotatable bonds is 16. The van der Waals surface area contributed by atoms with Crippen molar-refractivity contribution < 1.29 is 18.9 Å². The molecule has 9 nitrogen and oxygen atoms in total. The number of likely N-dealkylation sites (tertiary alicyclic amines) is 1. The van der Waals surface area contributed by atoms with Gasteiger partial charge in [-0.15, -0.1) is 0 Å². The molecule has 0 bridgehead atoms. The number of para-hydroxylation sites is 2. The first-order valence-electron chi connectivity index (χ1n) is 20.5. The molecule has 4 aromatic carbocycles. The van der Waals surface area contributed by atoms with Gasteiger partial charge in [0, 0.05) is 68.9 Å². The highest BCUT2D eigenvalue weighted by Gasteiger charge is 2.21. The molecule has 10 heteroatoms. The maximum absolute atomic E-state index is 9.36. The van der Waals surface area contributed by atoms with Gasteiger partial charge in [-0.3, -0.25) is 14.8 Å². The maximum atomic E-state index is 9.36. The van der Waals surface area contributed by atoms with Crippen molar-refractivity contribution in [1.82, 2.24) is 14.8 Å². The normalized spacial score (nSPS) is 14.8. The monoisotopic (exact) mass is 799 g/mol. The molecule has 2 fully saturated rings. The minimum absolute atomic E-state index is 0.280. The van der Waals surface area contributed by atoms with Gasteiger partial charge in [-0.2, -0.15) is 5.26 Å². The molecule has 7 rings (SSSR count). The molecule has 2 aliphatic heterocycles. The third-order valence-electron chi connectivity index (χ3n) is 11.4. The van der Waals surface area contributed by atoms with E-state index in [1.165, 1.54) is 24.9 Å². The topological polar surface area (TPSA) is 83.3 Å². The third kappa shape index (κ3) is 10.2. The average Bonchev–Trinajstić information content (AvgIpc) is 3.26. The first kappa shape index (κ1) is 40.9. The summed E-state index contributed by atoms with van der Waals surface area (Å²) < 4.78 is 24.8. The fourth-order valence-corrected chi connectivity index (χ4v) is 8.26. The SMILES string of the molecule is COc1ccccc1N1CCN(CCCOc2cccc(-c3cccc(COc4cc(OCc5cncc(C#N)c5)c(CN5CCCCC5)cc4Cl)c3C)c2C)CC1. The summed E-state index contributed by atoms with van der Waals surface area (Å²) in [6, 6.07) is 28.8. The van der Waals surface area contributed by atoms with Crippen molar-refractivity contribution in [2.45, 2.75) is 59.3 Å². The molecule has 3 heterocycles. The molecular weight excluding hydrogens is 746 g/mol. The number of methoxy groups -OCH3 is 1. The van der Waals surface area contributed by atoms with Crippen LogP contribution in [0, 0.1) is 25.2 Å². The van der Waals surface area contributed by atoms with Crippen molar-refractivity contribution in [2.24, 2.45) is 0 Å². The van der Waals surface area contributed by atoms with Gasteiger partial charge >= 0.3 is 0 Å².